The molecule has 0 bridgehead atoms. The molecule has 1 aromatic heterocycles. The van der Waals surface area contributed by atoms with Gasteiger partial charge in [0.15, 0.2) is 5.69 Å². The van der Waals surface area contributed by atoms with Crippen molar-refractivity contribution in [1.82, 2.24) is 9.97 Å². The van der Waals surface area contributed by atoms with Gasteiger partial charge in [-0.3, -0.25) is 24.5 Å². The summed E-state index contributed by atoms with van der Waals surface area (Å²) >= 11 is 5.16. The largest absolute Gasteiger partial charge is 0.493 e. The molecule has 1 aliphatic rings. The van der Waals surface area contributed by atoms with E-state index in [1.54, 1.807) is 24.3 Å². The lowest BCUT2D eigenvalue weighted by atomic mass is 10.1. The summed E-state index contributed by atoms with van der Waals surface area (Å²) in [5, 5.41) is 9.72. The zero-order chi connectivity index (χ0) is 14.4. The third-order valence-electron chi connectivity index (χ3n) is 2.92. The number of nitrogens with one attached hydrogen (secondary N) is 2. The average Bonchev–Trinajstić information content (AvgIpc) is 2.64. The summed E-state index contributed by atoms with van der Waals surface area (Å²) < 4.78 is 0. The molecule has 0 fully saturated rings. The SMILES string of the molecule is O=C1c2ccccc2C(=S)N1c1c(O)[nH]c(=O)[nH]c1=O. The first kappa shape index (κ1) is 12.3. The van der Waals surface area contributed by atoms with Crippen LogP contribution in [-0.4, -0.2) is 26.0 Å². The van der Waals surface area contributed by atoms with E-state index in [0.29, 0.717) is 11.1 Å². The van der Waals surface area contributed by atoms with E-state index in [1.165, 1.54) is 0 Å². The van der Waals surface area contributed by atoms with Gasteiger partial charge in [-0.15, -0.1) is 0 Å². The van der Waals surface area contributed by atoms with Gasteiger partial charge in [0.1, 0.15) is 4.99 Å². The molecule has 7 nitrogen and oxygen atoms in total. The van der Waals surface area contributed by atoms with Crippen LogP contribution in [0.4, 0.5) is 5.69 Å². The van der Waals surface area contributed by atoms with E-state index in [9.17, 15) is 19.5 Å². The topological polar surface area (TPSA) is 106 Å². The van der Waals surface area contributed by atoms with Crippen molar-refractivity contribution in [3.8, 4) is 5.88 Å². The number of benzene rings is 1. The average molecular weight is 289 g/mol. The van der Waals surface area contributed by atoms with Gasteiger partial charge in [0.25, 0.3) is 11.5 Å². The molecule has 100 valence electrons. The van der Waals surface area contributed by atoms with E-state index in [4.69, 9.17) is 12.2 Å². The van der Waals surface area contributed by atoms with E-state index in [1.807, 2.05) is 9.97 Å². The minimum Gasteiger partial charge on any atom is -0.493 e. The van der Waals surface area contributed by atoms with Crippen LogP contribution in [-0.2, 0) is 0 Å². The Bertz CT molecular complexity index is 832. The smallest absolute Gasteiger partial charge is 0.328 e. The zero-order valence-electron chi connectivity index (χ0n) is 9.84. The Morgan fingerprint density at radius 3 is 2.30 bits per heavy atom. The monoisotopic (exact) mass is 289 g/mol. The fraction of sp³-hybridized carbons (Fsp3) is 0. The lowest BCUT2D eigenvalue weighted by Crippen LogP contribution is -2.36. The van der Waals surface area contributed by atoms with Crippen LogP contribution >= 0.6 is 12.2 Å². The van der Waals surface area contributed by atoms with Crippen molar-refractivity contribution in [2.24, 2.45) is 0 Å². The van der Waals surface area contributed by atoms with Gasteiger partial charge in [0, 0.05) is 5.56 Å². The van der Waals surface area contributed by atoms with Crippen LogP contribution in [0.15, 0.2) is 33.9 Å². The molecule has 2 heterocycles. The molecule has 1 amide bonds. The number of aromatic hydroxyl groups is 1. The molecule has 0 radical (unpaired) electrons. The molecule has 20 heavy (non-hydrogen) atoms. The van der Waals surface area contributed by atoms with Crippen molar-refractivity contribution in [2.75, 3.05) is 4.90 Å². The minimum atomic E-state index is -0.894. The molecule has 1 aliphatic heterocycles. The molecule has 2 aromatic rings. The Morgan fingerprint density at radius 1 is 1.05 bits per heavy atom. The van der Waals surface area contributed by atoms with Gasteiger partial charge in [-0.2, -0.15) is 0 Å². The summed E-state index contributed by atoms with van der Waals surface area (Å²) in [6.07, 6.45) is 0. The highest BCUT2D eigenvalue weighted by molar-refractivity contribution is 7.81. The van der Waals surface area contributed by atoms with Gasteiger partial charge in [0.2, 0.25) is 5.88 Å². The lowest BCUT2D eigenvalue weighted by molar-refractivity contribution is 0.101. The van der Waals surface area contributed by atoms with Crippen molar-refractivity contribution in [2.45, 2.75) is 0 Å². The second kappa shape index (κ2) is 4.14. The number of carbonyl (C=O) groups is 1. The molecule has 0 saturated carbocycles. The number of hydrogen-bond acceptors (Lipinski definition) is 5. The van der Waals surface area contributed by atoms with Gasteiger partial charge in [-0.1, -0.05) is 30.4 Å². The third kappa shape index (κ3) is 1.58. The van der Waals surface area contributed by atoms with Crippen LogP contribution in [0.2, 0.25) is 0 Å². The molecule has 0 unspecified atom stereocenters. The summed E-state index contributed by atoms with van der Waals surface area (Å²) in [6.45, 7) is 0. The van der Waals surface area contributed by atoms with Crippen LogP contribution in [0.25, 0.3) is 0 Å². The molecule has 0 atom stereocenters. The fourth-order valence-electron chi connectivity index (χ4n) is 2.07. The molecular formula is C12H7N3O4S. The quantitative estimate of drug-likeness (QED) is 0.646. The lowest BCUT2D eigenvalue weighted by Gasteiger charge is -2.15. The molecule has 0 spiro atoms. The first-order chi connectivity index (χ1) is 9.50. The summed E-state index contributed by atoms with van der Waals surface area (Å²) in [7, 11) is 0. The number of nitrogens with zero attached hydrogens (tertiary/aromatic N) is 1. The normalized spacial score (nSPS) is 13.7. The molecule has 0 saturated heterocycles. The molecule has 1 aromatic carbocycles. The van der Waals surface area contributed by atoms with Crippen molar-refractivity contribution in [3.05, 3.63) is 56.2 Å². The number of thiocarbonyl (C=S) groups is 1. The highest BCUT2D eigenvalue weighted by Crippen LogP contribution is 2.30. The minimum absolute atomic E-state index is 0.0958. The van der Waals surface area contributed by atoms with Crippen molar-refractivity contribution in [1.29, 1.82) is 0 Å². The van der Waals surface area contributed by atoms with E-state index in [2.05, 4.69) is 0 Å². The van der Waals surface area contributed by atoms with Gasteiger partial charge in [0.05, 0.1) is 5.56 Å². The molecule has 3 N–H and O–H groups in total. The van der Waals surface area contributed by atoms with Crippen molar-refractivity contribution >= 4 is 28.8 Å². The van der Waals surface area contributed by atoms with Crippen LogP contribution in [0.5, 0.6) is 5.88 Å². The number of anilines is 1. The number of amides is 1. The Labute approximate surface area is 116 Å². The number of hydrogen-bond donors (Lipinski definition) is 3. The van der Waals surface area contributed by atoms with E-state index >= 15 is 0 Å². The maximum absolute atomic E-state index is 12.3. The first-order valence-corrected chi connectivity index (χ1v) is 5.95. The van der Waals surface area contributed by atoms with E-state index in [-0.39, 0.29) is 4.99 Å². The van der Waals surface area contributed by atoms with Crippen molar-refractivity contribution < 1.29 is 9.90 Å². The predicted molar refractivity (Wildman–Crippen MR) is 74.3 cm³/mol. The summed E-state index contributed by atoms with van der Waals surface area (Å²) in [6, 6.07) is 6.59. The molecule has 3 rings (SSSR count). The second-order valence-electron chi connectivity index (χ2n) is 4.10. The van der Waals surface area contributed by atoms with Gasteiger partial charge in [-0.05, 0) is 6.07 Å². The maximum Gasteiger partial charge on any atom is 0.328 e. The Balaban J connectivity index is 2.25. The van der Waals surface area contributed by atoms with Gasteiger partial charge in [-0.25, -0.2) is 4.79 Å². The number of aromatic nitrogens is 2. The van der Waals surface area contributed by atoms with Crippen LogP contribution in [0.1, 0.15) is 15.9 Å². The summed E-state index contributed by atoms with van der Waals surface area (Å²) in [5.41, 5.74) is -1.32. The highest BCUT2D eigenvalue weighted by Gasteiger charge is 2.36. The number of H-pyrrole nitrogens is 2. The third-order valence-corrected chi connectivity index (χ3v) is 3.32. The van der Waals surface area contributed by atoms with Crippen LogP contribution < -0.4 is 16.1 Å². The summed E-state index contributed by atoms with van der Waals surface area (Å²) in [5.74, 6) is -1.24. The zero-order valence-corrected chi connectivity index (χ0v) is 10.7. The fourth-order valence-corrected chi connectivity index (χ4v) is 2.42. The van der Waals surface area contributed by atoms with E-state index in [0.717, 1.165) is 4.90 Å². The number of aromatic amines is 2. The number of fused-ring (bicyclic) bond motifs is 1. The first-order valence-electron chi connectivity index (χ1n) is 5.54. The second-order valence-corrected chi connectivity index (χ2v) is 4.48. The van der Waals surface area contributed by atoms with Crippen LogP contribution in [0.3, 0.4) is 0 Å². The summed E-state index contributed by atoms with van der Waals surface area (Å²) in [4.78, 5) is 40.1. The van der Waals surface area contributed by atoms with E-state index < -0.39 is 28.7 Å². The number of rotatable bonds is 1. The highest BCUT2D eigenvalue weighted by atomic mass is 32.1. The Hall–Kier alpha value is -2.74. The molecule has 0 aliphatic carbocycles. The van der Waals surface area contributed by atoms with Gasteiger partial charge >= 0.3 is 5.69 Å². The van der Waals surface area contributed by atoms with Crippen molar-refractivity contribution in [3.63, 3.8) is 0 Å². The predicted octanol–water partition coefficient (Wildman–Crippen LogP) is 0.105. The Morgan fingerprint density at radius 2 is 1.70 bits per heavy atom. The molecular weight excluding hydrogens is 282 g/mol. The number of carbonyl (C=O) groups excluding carboxylic acids is 1. The maximum atomic E-state index is 12.3. The van der Waals surface area contributed by atoms with Crippen LogP contribution in [0, 0.1) is 0 Å². The standard InChI is InChI=1S/C12H7N3O4S/c16-8-7(9(17)14-12(19)13-8)15-10(18)5-3-1-2-4-6(5)11(15)20/h1-4H,(H3,13,14,16,17,19). The van der Waals surface area contributed by atoms with Gasteiger partial charge < -0.3 is 5.11 Å². The molecule has 8 heteroatoms. The Kier molecular flexibility index (Phi) is 2.54.